The maximum absolute atomic E-state index is 13.6. The largest absolute Gasteiger partial charge is 0.497 e. The Balaban J connectivity index is 1.23. The normalized spacial score (nSPS) is 17.7. The predicted octanol–water partition coefficient (Wildman–Crippen LogP) is 4.19. The van der Waals surface area contributed by atoms with Crippen molar-refractivity contribution in [3.05, 3.63) is 102 Å². The van der Waals surface area contributed by atoms with Gasteiger partial charge in [0.2, 0.25) is 5.91 Å². The van der Waals surface area contributed by atoms with Crippen LogP contribution < -0.4 is 29.6 Å². The van der Waals surface area contributed by atoms with Gasteiger partial charge >= 0.3 is 0 Å². The maximum Gasteiger partial charge on any atom is 0.258 e. The van der Waals surface area contributed by atoms with Gasteiger partial charge in [0.1, 0.15) is 29.1 Å². The van der Waals surface area contributed by atoms with Crippen LogP contribution in [0.15, 0.2) is 85.2 Å². The Bertz CT molecular complexity index is 1780. The van der Waals surface area contributed by atoms with E-state index in [-0.39, 0.29) is 30.9 Å². The van der Waals surface area contributed by atoms with E-state index in [9.17, 15) is 14.4 Å². The van der Waals surface area contributed by atoms with Crippen LogP contribution in [0.5, 0.6) is 23.0 Å². The van der Waals surface area contributed by atoms with Crippen LogP contribution in [0.4, 0.5) is 0 Å². The van der Waals surface area contributed by atoms with Crippen molar-refractivity contribution in [2.45, 2.75) is 38.0 Å². The standard InChI is InChI=1S/C37H38N4O7/c1-45-29-12-9-24(10-13-29)5-3-8-36(43)41-21-32-34(22-41)48-31-14-11-26(33(17-31)46-2)20-39-35(42)23-47-30-7-4-6-25(16-30)27-15-28(19-38-18-27)37(44)40-32/h4,6-7,9-19,32,34H,3,5,8,20-23H2,1-2H3,(H,39,42)(H,40,44)/t32-,34-/m0/s1. The third kappa shape index (κ3) is 7.86. The molecule has 7 rings (SSSR count). The Labute approximate surface area is 279 Å². The lowest BCUT2D eigenvalue weighted by Crippen LogP contribution is -2.45. The van der Waals surface area contributed by atoms with Crippen molar-refractivity contribution >= 4 is 17.7 Å². The third-order valence-electron chi connectivity index (χ3n) is 8.51. The summed E-state index contributed by atoms with van der Waals surface area (Å²) in [5.74, 6) is 1.72. The number of benzene rings is 3. The zero-order chi connectivity index (χ0) is 33.5. The van der Waals surface area contributed by atoms with Gasteiger partial charge in [0, 0.05) is 49.1 Å². The molecule has 6 bridgehead atoms. The molecule has 11 nitrogen and oxygen atoms in total. The summed E-state index contributed by atoms with van der Waals surface area (Å²) in [5.41, 5.74) is 3.74. The Morgan fingerprint density at radius 1 is 0.917 bits per heavy atom. The van der Waals surface area contributed by atoms with Crippen LogP contribution in [-0.4, -0.2) is 73.7 Å². The van der Waals surface area contributed by atoms with Gasteiger partial charge in [-0.05, 0) is 66.4 Å². The number of ether oxygens (including phenoxy) is 4. The topological polar surface area (TPSA) is 128 Å². The van der Waals surface area contributed by atoms with Crippen molar-refractivity contribution < 1.29 is 33.3 Å². The molecule has 248 valence electrons. The first-order chi connectivity index (χ1) is 23.4. The van der Waals surface area contributed by atoms with E-state index in [0.717, 1.165) is 28.9 Å². The molecule has 0 radical (unpaired) electrons. The smallest absolute Gasteiger partial charge is 0.258 e. The molecule has 1 saturated heterocycles. The van der Waals surface area contributed by atoms with Crippen LogP contribution in [0.3, 0.4) is 0 Å². The number of carbonyl (C=O) groups excluding carboxylic acids is 3. The van der Waals surface area contributed by atoms with Gasteiger partial charge in [-0.2, -0.15) is 0 Å². The Morgan fingerprint density at radius 3 is 2.56 bits per heavy atom. The molecule has 0 aliphatic carbocycles. The van der Waals surface area contributed by atoms with Crippen LogP contribution in [0.2, 0.25) is 0 Å². The first-order valence-electron chi connectivity index (χ1n) is 15.9. The highest BCUT2D eigenvalue weighted by atomic mass is 16.5. The van der Waals surface area contributed by atoms with Crippen molar-refractivity contribution in [2.24, 2.45) is 0 Å². The number of aryl methyl sites for hydroxylation is 1. The summed E-state index contributed by atoms with van der Waals surface area (Å²) in [4.78, 5) is 45.7. The van der Waals surface area contributed by atoms with E-state index in [0.29, 0.717) is 54.3 Å². The lowest BCUT2D eigenvalue weighted by atomic mass is 10.1. The molecular formula is C37H38N4O7. The molecule has 4 aromatic rings. The summed E-state index contributed by atoms with van der Waals surface area (Å²) in [6.45, 7) is 0.654. The van der Waals surface area contributed by atoms with Crippen molar-refractivity contribution in [3.63, 3.8) is 0 Å². The van der Waals surface area contributed by atoms with E-state index in [4.69, 9.17) is 18.9 Å². The molecule has 3 aliphatic heterocycles. The second-order valence-corrected chi connectivity index (χ2v) is 11.8. The second-order valence-electron chi connectivity index (χ2n) is 11.8. The van der Waals surface area contributed by atoms with E-state index >= 15 is 0 Å². The molecule has 0 unspecified atom stereocenters. The third-order valence-corrected chi connectivity index (χ3v) is 8.51. The van der Waals surface area contributed by atoms with Gasteiger partial charge in [-0.15, -0.1) is 0 Å². The van der Waals surface area contributed by atoms with E-state index in [1.165, 1.54) is 6.20 Å². The lowest BCUT2D eigenvalue weighted by Gasteiger charge is -2.22. The van der Waals surface area contributed by atoms with Gasteiger partial charge in [0.05, 0.1) is 32.4 Å². The molecule has 0 saturated carbocycles. The summed E-state index contributed by atoms with van der Waals surface area (Å²) < 4.78 is 23.0. The molecule has 2 N–H and O–H groups in total. The molecule has 3 aromatic carbocycles. The number of hydrogen-bond donors (Lipinski definition) is 2. The highest BCUT2D eigenvalue weighted by molar-refractivity contribution is 5.95. The number of likely N-dealkylation sites (tertiary alicyclic amines) is 1. The van der Waals surface area contributed by atoms with E-state index in [2.05, 4.69) is 15.6 Å². The molecule has 3 aliphatic rings. The zero-order valence-electron chi connectivity index (χ0n) is 26.9. The zero-order valence-corrected chi connectivity index (χ0v) is 26.9. The van der Waals surface area contributed by atoms with Gasteiger partial charge in [0.15, 0.2) is 6.61 Å². The summed E-state index contributed by atoms with van der Waals surface area (Å²) in [5, 5.41) is 5.98. The molecule has 3 amide bonds. The quantitative estimate of drug-likeness (QED) is 0.318. The molecule has 1 fully saturated rings. The number of methoxy groups -OCH3 is 2. The van der Waals surface area contributed by atoms with E-state index < -0.39 is 12.1 Å². The Hall–Kier alpha value is -5.58. The van der Waals surface area contributed by atoms with Crippen molar-refractivity contribution in [2.75, 3.05) is 33.9 Å². The summed E-state index contributed by atoms with van der Waals surface area (Å²) in [6.07, 6.45) is 4.46. The fraction of sp³-hybridized carbons (Fsp3) is 0.297. The van der Waals surface area contributed by atoms with Crippen LogP contribution in [0.1, 0.15) is 34.3 Å². The number of amides is 3. The molecule has 4 heterocycles. The first kappa shape index (κ1) is 32.4. The summed E-state index contributed by atoms with van der Waals surface area (Å²) in [6, 6.07) is 21.7. The average molecular weight is 651 g/mol. The fourth-order valence-electron chi connectivity index (χ4n) is 5.88. The lowest BCUT2D eigenvalue weighted by molar-refractivity contribution is -0.130. The minimum atomic E-state index is -0.523. The molecule has 48 heavy (non-hydrogen) atoms. The Kier molecular flexibility index (Phi) is 10.0. The van der Waals surface area contributed by atoms with Gasteiger partial charge in [-0.3, -0.25) is 19.4 Å². The minimum Gasteiger partial charge on any atom is -0.497 e. The first-order valence-corrected chi connectivity index (χ1v) is 15.9. The number of aromatic nitrogens is 1. The second kappa shape index (κ2) is 14.9. The fourth-order valence-corrected chi connectivity index (χ4v) is 5.88. The molecule has 1 aromatic heterocycles. The van der Waals surface area contributed by atoms with Crippen molar-refractivity contribution in [3.8, 4) is 34.1 Å². The van der Waals surface area contributed by atoms with Gasteiger partial charge in [-0.1, -0.05) is 24.3 Å². The number of carbonyl (C=O) groups is 3. The number of hydrogen-bond acceptors (Lipinski definition) is 8. The highest BCUT2D eigenvalue weighted by Gasteiger charge is 2.38. The number of nitrogens with one attached hydrogen (secondary N) is 2. The average Bonchev–Trinajstić information content (AvgIpc) is 3.51. The van der Waals surface area contributed by atoms with Crippen LogP contribution in [0, 0.1) is 0 Å². The number of pyridine rings is 1. The van der Waals surface area contributed by atoms with Crippen molar-refractivity contribution in [1.29, 1.82) is 0 Å². The SMILES string of the molecule is COc1ccc(CCCC(=O)N2C[C@@H]3NC(=O)c4cncc(c4)-c4cccc(c4)OCC(=O)NCc4ccc(cc4OC)O[C@H]3C2)cc1. The van der Waals surface area contributed by atoms with Gasteiger partial charge in [-0.25, -0.2) is 0 Å². The van der Waals surface area contributed by atoms with Gasteiger partial charge in [0.25, 0.3) is 11.8 Å². The van der Waals surface area contributed by atoms with E-state index in [1.807, 2.05) is 42.5 Å². The number of rotatable bonds is 6. The molecular weight excluding hydrogens is 612 g/mol. The monoisotopic (exact) mass is 650 g/mol. The molecule has 11 heteroatoms. The Morgan fingerprint density at radius 2 is 1.75 bits per heavy atom. The summed E-state index contributed by atoms with van der Waals surface area (Å²) in [7, 11) is 3.18. The minimum absolute atomic E-state index is 0.00572. The van der Waals surface area contributed by atoms with Crippen molar-refractivity contribution in [1.82, 2.24) is 20.5 Å². The predicted molar refractivity (Wildman–Crippen MR) is 178 cm³/mol. The van der Waals surface area contributed by atoms with Crippen LogP contribution in [0.25, 0.3) is 11.1 Å². The van der Waals surface area contributed by atoms with Crippen LogP contribution >= 0.6 is 0 Å². The maximum atomic E-state index is 13.6. The van der Waals surface area contributed by atoms with Gasteiger partial charge < -0.3 is 34.5 Å². The molecule has 0 spiro atoms. The number of fused-ring (bicyclic) bond motifs is 7. The highest BCUT2D eigenvalue weighted by Crippen LogP contribution is 2.29. The number of nitrogens with zero attached hydrogens (tertiary/aromatic N) is 2. The molecule has 2 atom stereocenters. The summed E-state index contributed by atoms with van der Waals surface area (Å²) >= 11 is 0. The van der Waals surface area contributed by atoms with Crippen LogP contribution in [-0.2, 0) is 22.6 Å². The van der Waals surface area contributed by atoms with E-state index in [1.54, 1.807) is 55.6 Å².